The van der Waals surface area contributed by atoms with Gasteiger partial charge in [-0.1, -0.05) is 76.2 Å². The van der Waals surface area contributed by atoms with Crippen molar-refractivity contribution in [2.24, 2.45) is 5.92 Å². The number of phenols is 1. The van der Waals surface area contributed by atoms with Gasteiger partial charge >= 0.3 is 0 Å². The summed E-state index contributed by atoms with van der Waals surface area (Å²) in [6.45, 7) is 8.04. The number of hydrogen-bond acceptors (Lipinski definition) is 4. The molecule has 0 aliphatic heterocycles. The number of Topliss-reactive ketones (excluding diaryl/α,β-unsaturated/α-hetero) is 1. The molecule has 0 saturated heterocycles. The Morgan fingerprint density at radius 2 is 1.56 bits per heavy atom. The van der Waals surface area contributed by atoms with Crippen LogP contribution in [-0.2, 0) is 16.6 Å². The third kappa shape index (κ3) is 4.15. The third-order valence-corrected chi connectivity index (χ3v) is 6.12. The summed E-state index contributed by atoms with van der Waals surface area (Å²) < 4.78 is 0. The van der Waals surface area contributed by atoms with Crippen molar-refractivity contribution in [1.29, 1.82) is 0 Å². The van der Waals surface area contributed by atoms with Gasteiger partial charge < -0.3 is 5.11 Å². The molecule has 0 radical (unpaired) electrons. The summed E-state index contributed by atoms with van der Waals surface area (Å²) in [5.74, 6) is 0.384. The molecule has 0 unspecified atom stereocenters. The predicted octanol–water partition coefficient (Wildman–Crippen LogP) is 5.61. The number of carbonyl (C=O) groups is 1. The first-order valence-electron chi connectivity index (χ1n) is 11.0. The average Bonchev–Trinajstić information content (AvgIpc) is 3.22. The molecular weight excluding hydrogens is 398 g/mol. The summed E-state index contributed by atoms with van der Waals surface area (Å²) in [6.07, 6.45) is 1.06. The fourth-order valence-corrected chi connectivity index (χ4v) is 3.98. The summed E-state index contributed by atoms with van der Waals surface area (Å²) in [4.78, 5) is 13.8. The van der Waals surface area contributed by atoms with E-state index in [-0.39, 0.29) is 17.5 Å². The lowest BCUT2D eigenvalue weighted by Gasteiger charge is -2.28. The number of nitrogens with zero attached hydrogens (tertiary/aromatic N) is 3. The molecule has 4 rings (SSSR count). The molecule has 1 aromatic heterocycles. The predicted molar refractivity (Wildman–Crippen MR) is 127 cm³/mol. The molecule has 5 nitrogen and oxygen atoms in total. The van der Waals surface area contributed by atoms with E-state index in [0.717, 1.165) is 27.7 Å². The lowest BCUT2D eigenvalue weighted by Crippen LogP contribution is -2.20. The van der Waals surface area contributed by atoms with Crippen molar-refractivity contribution < 1.29 is 9.90 Å². The highest BCUT2D eigenvalue weighted by Crippen LogP contribution is 2.40. The number of benzene rings is 3. The normalized spacial score (nSPS) is 11.9. The maximum Gasteiger partial charge on any atom is 0.147 e. The number of aromatic hydroxyl groups is 1. The summed E-state index contributed by atoms with van der Waals surface area (Å²) in [7, 11) is 0. The van der Waals surface area contributed by atoms with E-state index in [9.17, 15) is 9.90 Å². The van der Waals surface area contributed by atoms with Gasteiger partial charge in [0, 0.05) is 23.3 Å². The number of rotatable bonds is 7. The van der Waals surface area contributed by atoms with Gasteiger partial charge in [0.25, 0.3) is 0 Å². The number of ketones is 1. The monoisotopic (exact) mass is 427 g/mol. The van der Waals surface area contributed by atoms with Crippen LogP contribution in [0.3, 0.4) is 0 Å². The first-order chi connectivity index (χ1) is 15.3. The van der Waals surface area contributed by atoms with Crippen LogP contribution < -0.4 is 0 Å². The second-order valence-electron chi connectivity index (χ2n) is 9.10. The van der Waals surface area contributed by atoms with Crippen molar-refractivity contribution in [1.82, 2.24) is 15.0 Å². The molecule has 0 atom stereocenters. The largest absolute Gasteiger partial charge is 0.505 e. The molecule has 4 aromatic rings. The average molecular weight is 428 g/mol. The summed E-state index contributed by atoms with van der Waals surface area (Å²) in [5, 5.41) is 20.6. The second kappa shape index (κ2) is 8.58. The SMILES string of the molecule is CC(C)C(=O)CCc1cc(-n2nc3ccccc3n2)c(O)c(C(C)(C)c2ccccc2)c1. The summed E-state index contributed by atoms with van der Waals surface area (Å²) in [5.41, 5.74) is 4.45. The highest BCUT2D eigenvalue weighted by atomic mass is 16.3. The minimum atomic E-state index is -0.454. The Morgan fingerprint density at radius 1 is 0.969 bits per heavy atom. The Hall–Kier alpha value is -3.47. The van der Waals surface area contributed by atoms with Crippen LogP contribution in [0.4, 0.5) is 0 Å². The Labute approximate surface area is 188 Å². The highest BCUT2D eigenvalue weighted by molar-refractivity contribution is 5.80. The van der Waals surface area contributed by atoms with Crippen molar-refractivity contribution >= 4 is 16.8 Å². The zero-order chi connectivity index (χ0) is 22.9. The number of fused-ring (bicyclic) bond motifs is 1. The van der Waals surface area contributed by atoms with Crippen molar-refractivity contribution in [3.8, 4) is 11.4 Å². The lowest BCUT2D eigenvalue weighted by atomic mass is 9.76. The number of carbonyl (C=O) groups excluding carboxylic acids is 1. The molecule has 1 heterocycles. The standard InChI is InChI=1S/C27H29N3O2/c1-18(2)25(31)15-14-19-16-21(27(3,4)20-10-6-5-7-11-20)26(32)24(17-19)30-28-22-12-8-9-13-23(22)29-30/h5-13,16-18,32H,14-15H2,1-4H3. The molecule has 5 heteroatoms. The number of aryl methyl sites for hydroxylation is 1. The molecule has 0 bridgehead atoms. The van der Waals surface area contributed by atoms with Gasteiger partial charge in [0.1, 0.15) is 28.3 Å². The number of aromatic nitrogens is 3. The van der Waals surface area contributed by atoms with Crippen LogP contribution in [0.25, 0.3) is 16.7 Å². The zero-order valence-electron chi connectivity index (χ0n) is 19.0. The van der Waals surface area contributed by atoms with Crippen LogP contribution in [-0.4, -0.2) is 25.9 Å². The Morgan fingerprint density at radius 3 is 2.16 bits per heavy atom. The quantitative estimate of drug-likeness (QED) is 0.416. The van der Waals surface area contributed by atoms with E-state index >= 15 is 0 Å². The van der Waals surface area contributed by atoms with Crippen LogP contribution in [0.1, 0.15) is 50.8 Å². The van der Waals surface area contributed by atoms with Crippen molar-refractivity contribution in [3.05, 3.63) is 83.4 Å². The maximum atomic E-state index is 12.3. The van der Waals surface area contributed by atoms with E-state index in [0.29, 0.717) is 18.5 Å². The fourth-order valence-electron chi connectivity index (χ4n) is 3.98. The van der Waals surface area contributed by atoms with Gasteiger partial charge in [0.15, 0.2) is 0 Å². The first-order valence-corrected chi connectivity index (χ1v) is 11.0. The van der Waals surface area contributed by atoms with E-state index in [1.807, 2.05) is 68.4 Å². The van der Waals surface area contributed by atoms with Crippen molar-refractivity contribution in [3.63, 3.8) is 0 Å². The Kier molecular flexibility index (Phi) is 5.83. The van der Waals surface area contributed by atoms with Crippen LogP contribution >= 0.6 is 0 Å². The van der Waals surface area contributed by atoms with Crippen LogP contribution in [0.15, 0.2) is 66.7 Å². The molecule has 164 valence electrons. The number of hydrogen-bond donors (Lipinski definition) is 1. The topological polar surface area (TPSA) is 68.0 Å². The van der Waals surface area contributed by atoms with Crippen LogP contribution in [0.2, 0.25) is 0 Å². The molecular formula is C27H29N3O2. The zero-order valence-corrected chi connectivity index (χ0v) is 19.0. The van der Waals surface area contributed by atoms with Gasteiger partial charge in [0.2, 0.25) is 0 Å². The van der Waals surface area contributed by atoms with Crippen molar-refractivity contribution in [2.75, 3.05) is 0 Å². The Balaban J connectivity index is 1.85. The van der Waals surface area contributed by atoms with E-state index in [2.05, 4.69) is 36.2 Å². The minimum absolute atomic E-state index is 0.00453. The summed E-state index contributed by atoms with van der Waals surface area (Å²) >= 11 is 0. The van der Waals surface area contributed by atoms with Crippen LogP contribution in [0, 0.1) is 5.92 Å². The highest BCUT2D eigenvalue weighted by Gasteiger charge is 2.29. The van der Waals surface area contributed by atoms with E-state index in [1.165, 1.54) is 4.80 Å². The molecule has 0 aliphatic rings. The fraction of sp³-hybridized carbons (Fsp3) is 0.296. The van der Waals surface area contributed by atoms with Gasteiger partial charge in [-0.15, -0.1) is 15.0 Å². The van der Waals surface area contributed by atoms with E-state index < -0.39 is 5.41 Å². The van der Waals surface area contributed by atoms with Crippen molar-refractivity contribution in [2.45, 2.75) is 46.0 Å². The molecule has 0 amide bonds. The Bertz CT molecular complexity index is 1220. The molecule has 0 saturated carbocycles. The molecule has 0 spiro atoms. The molecule has 32 heavy (non-hydrogen) atoms. The third-order valence-electron chi connectivity index (χ3n) is 6.12. The number of phenolic OH excluding ortho intramolecular Hbond substituents is 1. The molecule has 3 aromatic carbocycles. The van der Waals surface area contributed by atoms with E-state index in [4.69, 9.17) is 0 Å². The summed E-state index contributed by atoms with van der Waals surface area (Å²) in [6, 6.07) is 21.7. The van der Waals surface area contributed by atoms with E-state index in [1.54, 1.807) is 0 Å². The lowest BCUT2D eigenvalue weighted by molar-refractivity contribution is -0.121. The van der Waals surface area contributed by atoms with Gasteiger partial charge in [0.05, 0.1) is 0 Å². The smallest absolute Gasteiger partial charge is 0.147 e. The molecule has 0 fully saturated rings. The van der Waals surface area contributed by atoms with Gasteiger partial charge in [-0.25, -0.2) is 0 Å². The second-order valence-corrected chi connectivity index (χ2v) is 9.10. The van der Waals surface area contributed by atoms with Gasteiger partial charge in [-0.05, 0) is 35.7 Å². The van der Waals surface area contributed by atoms with Crippen LogP contribution in [0.5, 0.6) is 5.75 Å². The van der Waals surface area contributed by atoms with Gasteiger partial charge in [-0.2, -0.15) is 0 Å². The first kappa shape index (κ1) is 21.8. The maximum absolute atomic E-state index is 12.3. The minimum Gasteiger partial charge on any atom is -0.505 e. The molecule has 1 N–H and O–H groups in total. The molecule has 0 aliphatic carbocycles. The van der Waals surface area contributed by atoms with Gasteiger partial charge in [-0.3, -0.25) is 4.79 Å².